The zero-order chi connectivity index (χ0) is 22.4. The summed E-state index contributed by atoms with van der Waals surface area (Å²) in [5, 5.41) is 10.7. The Morgan fingerprint density at radius 2 is 1.70 bits per heavy atom. The van der Waals surface area contributed by atoms with Gasteiger partial charge in [0.2, 0.25) is 0 Å². The summed E-state index contributed by atoms with van der Waals surface area (Å²) in [6.07, 6.45) is 9.11. The highest BCUT2D eigenvalue weighted by Gasteiger charge is 2.35. The molecule has 1 aromatic rings. The summed E-state index contributed by atoms with van der Waals surface area (Å²) in [4.78, 5) is 0. The molecule has 0 heterocycles. The summed E-state index contributed by atoms with van der Waals surface area (Å²) in [6.45, 7) is 17.4. The van der Waals surface area contributed by atoms with Gasteiger partial charge in [0.25, 0.3) is 0 Å². The lowest BCUT2D eigenvalue weighted by Crippen LogP contribution is -2.57. The molecular weight excluding hydrogens is 370 g/mol. The van der Waals surface area contributed by atoms with Crippen molar-refractivity contribution < 1.29 is 14.3 Å². The topological polar surface area (TPSA) is 29.5 Å². The SMILES string of the molecule is C=CC[N+](C)(C[C@@H](O)COc1ccc(C(C)(C)CC(C)(C)C)cc1)C1CCCCC1. The van der Waals surface area contributed by atoms with Crippen LogP contribution in [0.4, 0.5) is 0 Å². The van der Waals surface area contributed by atoms with Crippen molar-refractivity contribution in [3.63, 3.8) is 0 Å². The van der Waals surface area contributed by atoms with Gasteiger partial charge in [-0.05, 0) is 66.7 Å². The van der Waals surface area contributed by atoms with E-state index in [-0.39, 0.29) is 10.8 Å². The molecule has 1 aromatic carbocycles. The molecule has 2 atom stereocenters. The molecule has 3 nitrogen and oxygen atoms in total. The second-order valence-electron chi connectivity index (χ2n) is 11.5. The minimum absolute atomic E-state index is 0.125. The summed E-state index contributed by atoms with van der Waals surface area (Å²) >= 11 is 0. The molecule has 0 aromatic heterocycles. The first-order valence-electron chi connectivity index (χ1n) is 11.8. The van der Waals surface area contributed by atoms with E-state index in [2.05, 4.69) is 60.4 Å². The third kappa shape index (κ3) is 7.42. The Kier molecular flexibility index (Phi) is 8.59. The van der Waals surface area contributed by atoms with Crippen molar-refractivity contribution in [2.24, 2.45) is 5.41 Å². The van der Waals surface area contributed by atoms with E-state index in [0.717, 1.165) is 23.2 Å². The largest absolute Gasteiger partial charge is 0.491 e. The smallest absolute Gasteiger partial charge is 0.137 e. The Bertz CT molecular complexity index is 652. The first-order chi connectivity index (χ1) is 14.0. The number of rotatable bonds is 10. The van der Waals surface area contributed by atoms with Crippen LogP contribution in [-0.2, 0) is 5.41 Å². The lowest BCUT2D eigenvalue weighted by atomic mass is 9.72. The van der Waals surface area contributed by atoms with Crippen molar-refractivity contribution in [3.8, 4) is 5.75 Å². The van der Waals surface area contributed by atoms with Crippen molar-refractivity contribution in [2.45, 2.75) is 90.7 Å². The van der Waals surface area contributed by atoms with Crippen LogP contribution in [0.2, 0.25) is 0 Å². The zero-order valence-corrected chi connectivity index (χ0v) is 20.4. The number of aliphatic hydroxyl groups excluding tert-OH is 1. The van der Waals surface area contributed by atoms with E-state index < -0.39 is 6.10 Å². The van der Waals surface area contributed by atoms with Gasteiger partial charge in [-0.2, -0.15) is 0 Å². The Morgan fingerprint density at radius 3 is 2.23 bits per heavy atom. The molecule has 0 bridgehead atoms. The van der Waals surface area contributed by atoms with E-state index in [1.807, 2.05) is 18.2 Å². The van der Waals surface area contributed by atoms with Gasteiger partial charge in [-0.3, -0.25) is 0 Å². The van der Waals surface area contributed by atoms with Gasteiger partial charge in [0.15, 0.2) is 0 Å². The molecule has 0 aliphatic heterocycles. The lowest BCUT2D eigenvalue weighted by Gasteiger charge is -2.43. The Balaban J connectivity index is 1.93. The van der Waals surface area contributed by atoms with E-state index in [1.165, 1.54) is 37.7 Å². The highest BCUT2D eigenvalue weighted by Crippen LogP contribution is 2.36. The van der Waals surface area contributed by atoms with E-state index in [1.54, 1.807) is 0 Å². The summed E-state index contributed by atoms with van der Waals surface area (Å²) in [6, 6.07) is 9.06. The highest BCUT2D eigenvalue weighted by atomic mass is 16.5. The lowest BCUT2D eigenvalue weighted by molar-refractivity contribution is -0.932. The van der Waals surface area contributed by atoms with Crippen molar-refractivity contribution in [1.82, 2.24) is 0 Å². The van der Waals surface area contributed by atoms with Gasteiger partial charge in [-0.25, -0.2) is 0 Å². The predicted octanol–water partition coefficient (Wildman–Crippen LogP) is 6.11. The fourth-order valence-electron chi connectivity index (χ4n) is 5.53. The van der Waals surface area contributed by atoms with Crippen LogP contribution in [0.25, 0.3) is 0 Å². The quantitative estimate of drug-likeness (QED) is 0.368. The average molecular weight is 417 g/mol. The maximum absolute atomic E-state index is 10.7. The molecular formula is C27H46NO2+. The number of benzene rings is 1. The molecule has 30 heavy (non-hydrogen) atoms. The number of hydrogen-bond donors (Lipinski definition) is 1. The van der Waals surface area contributed by atoms with Gasteiger partial charge in [0.1, 0.15) is 25.0 Å². The Labute approximate surface area is 185 Å². The van der Waals surface area contributed by atoms with Gasteiger partial charge in [-0.1, -0.05) is 59.8 Å². The van der Waals surface area contributed by atoms with E-state index in [4.69, 9.17) is 4.74 Å². The molecule has 170 valence electrons. The number of aliphatic hydroxyl groups is 1. The van der Waals surface area contributed by atoms with Crippen LogP contribution in [0.1, 0.15) is 78.7 Å². The number of quaternary nitrogens is 1. The standard InChI is InChI=1S/C27H46NO2/c1-8-18-28(7,23-12-10-9-11-13-23)19-24(29)20-30-25-16-14-22(15-17-25)27(5,6)21-26(2,3)4/h8,14-17,23-24,29H,1,9-13,18-21H2,2-7H3/q+1/t24-,28?/m1/s1. The number of likely N-dealkylation sites (N-methyl/N-ethyl adjacent to an activating group) is 1. The molecule has 2 rings (SSSR count). The first kappa shape index (κ1) is 24.9. The second-order valence-corrected chi connectivity index (χ2v) is 11.5. The van der Waals surface area contributed by atoms with E-state index in [9.17, 15) is 5.11 Å². The molecule has 1 unspecified atom stereocenters. The first-order valence-corrected chi connectivity index (χ1v) is 11.8. The fourth-order valence-corrected chi connectivity index (χ4v) is 5.53. The van der Waals surface area contributed by atoms with Crippen molar-refractivity contribution in [2.75, 3.05) is 26.7 Å². The monoisotopic (exact) mass is 416 g/mol. The maximum Gasteiger partial charge on any atom is 0.137 e. The molecule has 0 amide bonds. The van der Waals surface area contributed by atoms with Crippen molar-refractivity contribution >= 4 is 0 Å². The Morgan fingerprint density at radius 1 is 1.10 bits per heavy atom. The summed E-state index contributed by atoms with van der Waals surface area (Å²) < 4.78 is 6.83. The van der Waals surface area contributed by atoms with E-state index in [0.29, 0.717) is 19.2 Å². The third-order valence-corrected chi connectivity index (χ3v) is 6.68. The molecule has 1 aliphatic carbocycles. The molecule has 1 N–H and O–H groups in total. The van der Waals surface area contributed by atoms with Crippen LogP contribution in [0.3, 0.4) is 0 Å². The molecule has 1 aliphatic rings. The highest BCUT2D eigenvalue weighted by molar-refractivity contribution is 5.31. The number of ether oxygens (including phenoxy) is 1. The summed E-state index contributed by atoms with van der Waals surface area (Å²) in [7, 11) is 2.27. The van der Waals surface area contributed by atoms with Crippen LogP contribution in [0.5, 0.6) is 5.75 Å². The molecule has 1 saturated carbocycles. The predicted molar refractivity (Wildman–Crippen MR) is 128 cm³/mol. The second kappa shape index (κ2) is 10.3. The van der Waals surface area contributed by atoms with Crippen LogP contribution < -0.4 is 4.74 Å². The van der Waals surface area contributed by atoms with Gasteiger partial charge >= 0.3 is 0 Å². The minimum Gasteiger partial charge on any atom is -0.491 e. The van der Waals surface area contributed by atoms with Gasteiger partial charge in [0.05, 0.1) is 19.6 Å². The molecule has 0 radical (unpaired) electrons. The Hall–Kier alpha value is -1.32. The number of hydrogen-bond acceptors (Lipinski definition) is 2. The maximum atomic E-state index is 10.7. The third-order valence-electron chi connectivity index (χ3n) is 6.68. The van der Waals surface area contributed by atoms with Crippen molar-refractivity contribution in [1.29, 1.82) is 0 Å². The molecule has 1 fully saturated rings. The van der Waals surface area contributed by atoms with Crippen LogP contribution >= 0.6 is 0 Å². The molecule has 3 heteroatoms. The van der Waals surface area contributed by atoms with Crippen LogP contribution in [-0.4, -0.2) is 48.5 Å². The summed E-state index contributed by atoms with van der Waals surface area (Å²) in [5.41, 5.74) is 1.75. The molecule has 0 spiro atoms. The fraction of sp³-hybridized carbons (Fsp3) is 0.704. The zero-order valence-electron chi connectivity index (χ0n) is 20.4. The average Bonchev–Trinajstić information content (AvgIpc) is 2.66. The summed E-state index contributed by atoms with van der Waals surface area (Å²) in [5.74, 6) is 0.833. The minimum atomic E-state index is -0.478. The molecule has 0 saturated heterocycles. The van der Waals surface area contributed by atoms with E-state index >= 15 is 0 Å². The number of nitrogens with zero attached hydrogens (tertiary/aromatic N) is 1. The van der Waals surface area contributed by atoms with Crippen LogP contribution in [0.15, 0.2) is 36.9 Å². The van der Waals surface area contributed by atoms with Gasteiger partial charge in [-0.15, -0.1) is 0 Å². The normalized spacial score (nSPS) is 19.2. The van der Waals surface area contributed by atoms with Gasteiger partial charge in [0, 0.05) is 0 Å². The van der Waals surface area contributed by atoms with Crippen LogP contribution in [0, 0.1) is 5.41 Å². The van der Waals surface area contributed by atoms with Crippen molar-refractivity contribution in [3.05, 3.63) is 42.5 Å². The van der Waals surface area contributed by atoms with Gasteiger partial charge < -0.3 is 14.3 Å².